The number of fused-ring (bicyclic) bond motifs is 1. The molecule has 1 aromatic heterocycles. The third-order valence-electron chi connectivity index (χ3n) is 3.07. The van der Waals surface area contributed by atoms with Crippen molar-refractivity contribution in [1.82, 2.24) is 9.88 Å². The van der Waals surface area contributed by atoms with Crippen molar-refractivity contribution in [3.8, 4) is 5.75 Å². The lowest BCUT2D eigenvalue weighted by Crippen LogP contribution is -2.20. The summed E-state index contributed by atoms with van der Waals surface area (Å²) < 4.78 is 0. The van der Waals surface area contributed by atoms with Gasteiger partial charge in [-0.15, -0.1) is 0 Å². The Balaban J connectivity index is 2.24. The molecule has 0 radical (unpaired) electrons. The van der Waals surface area contributed by atoms with Gasteiger partial charge in [-0.2, -0.15) is 0 Å². The summed E-state index contributed by atoms with van der Waals surface area (Å²) in [5, 5.41) is 10.8. The van der Waals surface area contributed by atoms with Crippen molar-refractivity contribution in [3.63, 3.8) is 0 Å². The summed E-state index contributed by atoms with van der Waals surface area (Å²) in [6.07, 6.45) is 2.95. The molecule has 0 aliphatic heterocycles. The summed E-state index contributed by atoms with van der Waals surface area (Å²) in [6, 6.07) is 5.58. The number of nitrogens with one attached hydrogen (secondary N) is 1. The maximum absolute atomic E-state index is 9.83. The van der Waals surface area contributed by atoms with E-state index in [0.717, 1.165) is 30.4 Å². The molecule has 2 rings (SSSR count). The zero-order valence-electron chi connectivity index (χ0n) is 9.83. The summed E-state index contributed by atoms with van der Waals surface area (Å²) in [6.45, 7) is 4.21. The van der Waals surface area contributed by atoms with Gasteiger partial charge in [0.2, 0.25) is 0 Å². The van der Waals surface area contributed by atoms with Crippen LogP contribution in [0.2, 0.25) is 0 Å². The zero-order chi connectivity index (χ0) is 11.5. The molecule has 0 aliphatic carbocycles. The molecule has 0 saturated heterocycles. The number of H-pyrrole nitrogens is 1. The van der Waals surface area contributed by atoms with Crippen molar-refractivity contribution in [2.45, 2.75) is 13.3 Å². The number of hydrogen-bond acceptors (Lipinski definition) is 2. The summed E-state index contributed by atoms with van der Waals surface area (Å²) in [7, 11) is 2.11. The molecule has 2 N–H and O–H groups in total. The van der Waals surface area contributed by atoms with E-state index in [1.807, 2.05) is 18.3 Å². The molecule has 0 aliphatic rings. The topological polar surface area (TPSA) is 39.3 Å². The average molecular weight is 218 g/mol. The number of aromatic nitrogens is 1. The second-order valence-electron chi connectivity index (χ2n) is 4.16. The molecule has 86 valence electrons. The molecule has 0 atom stereocenters. The summed E-state index contributed by atoms with van der Waals surface area (Å²) in [4.78, 5) is 5.45. The summed E-state index contributed by atoms with van der Waals surface area (Å²) >= 11 is 0. The highest BCUT2D eigenvalue weighted by molar-refractivity contribution is 5.88. The molecule has 1 heterocycles. The van der Waals surface area contributed by atoms with Crippen molar-refractivity contribution >= 4 is 10.9 Å². The van der Waals surface area contributed by atoms with Crippen LogP contribution in [0.4, 0.5) is 0 Å². The first-order chi connectivity index (χ1) is 7.72. The normalized spacial score (nSPS) is 11.4. The smallest absolute Gasteiger partial charge is 0.125 e. The van der Waals surface area contributed by atoms with Crippen LogP contribution in [0.15, 0.2) is 24.4 Å². The fourth-order valence-corrected chi connectivity index (χ4v) is 1.90. The van der Waals surface area contributed by atoms with E-state index in [9.17, 15) is 5.11 Å². The Hall–Kier alpha value is -1.48. The van der Waals surface area contributed by atoms with Crippen molar-refractivity contribution in [2.75, 3.05) is 20.1 Å². The summed E-state index contributed by atoms with van der Waals surface area (Å²) in [5.41, 5.74) is 2.20. The van der Waals surface area contributed by atoms with Crippen molar-refractivity contribution in [2.24, 2.45) is 0 Å². The SMILES string of the molecule is CCN(C)CCc1c[nH]c2cccc(O)c12. The van der Waals surface area contributed by atoms with Gasteiger partial charge in [-0.05, 0) is 37.7 Å². The predicted octanol–water partition coefficient (Wildman–Crippen LogP) is 2.37. The number of aromatic hydroxyl groups is 1. The van der Waals surface area contributed by atoms with E-state index in [-0.39, 0.29) is 0 Å². The van der Waals surface area contributed by atoms with E-state index in [1.54, 1.807) is 6.07 Å². The van der Waals surface area contributed by atoms with Crippen LogP contribution in [0.3, 0.4) is 0 Å². The van der Waals surface area contributed by atoms with E-state index in [4.69, 9.17) is 0 Å². The lowest BCUT2D eigenvalue weighted by molar-refractivity contribution is 0.358. The molecule has 0 unspecified atom stereocenters. The Morgan fingerprint density at radius 2 is 2.19 bits per heavy atom. The minimum absolute atomic E-state index is 0.368. The van der Waals surface area contributed by atoms with Gasteiger partial charge in [0.15, 0.2) is 0 Å². The second kappa shape index (κ2) is 4.58. The highest BCUT2D eigenvalue weighted by Crippen LogP contribution is 2.27. The van der Waals surface area contributed by atoms with E-state index in [0.29, 0.717) is 5.75 Å². The first kappa shape index (κ1) is 11.0. The van der Waals surface area contributed by atoms with Gasteiger partial charge in [-0.3, -0.25) is 0 Å². The molecule has 16 heavy (non-hydrogen) atoms. The molecule has 3 heteroatoms. The third-order valence-corrected chi connectivity index (χ3v) is 3.07. The van der Waals surface area contributed by atoms with E-state index < -0.39 is 0 Å². The minimum Gasteiger partial charge on any atom is -0.507 e. The van der Waals surface area contributed by atoms with Crippen LogP contribution in [0.25, 0.3) is 10.9 Å². The Morgan fingerprint density at radius 3 is 2.94 bits per heavy atom. The largest absolute Gasteiger partial charge is 0.507 e. The molecule has 0 saturated carbocycles. The number of nitrogens with zero attached hydrogens (tertiary/aromatic N) is 1. The highest BCUT2D eigenvalue weighted by atomic mass is 16.3. The third kappa shape index (κ3) is 2.04. The van der Waals surface area contributed by atoms with Crippen LogP contribution in [-0.2, 0) is 6.42 Å². The van der Waals surface area contributed by atoms with Crippen LogP contribution in [0, 0.1) is 0 Å². The van der Waals surface area contributed by atoms with Gasteiger partial charge in [0.25, 0.3) is 0 Å². The molecule has 0 amide bonds. The van der Waals surface area contributed by atoms with E-state index >= 15 is 0 Å². The number of hydrogen-bond donors (Lipinski definition) is 2. The number of aromatic amines is 1. The van der Waals surface area contributed by atoms with E-state index in [1.165, 1.54) is 5.56 Å². The number of likely N-dealkylation sites (N-methyl/N-ethyl adjacent to an activating group) is 1. The fourth-order valence-electron chi connectivity index (χ4n) is 1.90. The standard InChI is InChI=1S/C13H18N2O/c1-3-15(2)8-7-10-9-14-11-5-4-6-12(16)13(10)11/h4-6,9,14,16H,3,7-8H2,1-2H3. The maximum Gasteiger partial charge on any atom is 0.125 e. The lowest BCUT2D eigenvalue weighted by Gasteiger charge is -2.12. The number of phenols is 1. The van der Waals surface area contributed by atoms with Gasteiger partial charge in [0, 0.05) is 23.6 Å². The Kier molecular flexibility index (Phi) is 3.15. The first-order valence-electron chi connectivity index (χ1n) is 5.69. The van der Waals surface area contributed by atoms with Crippen LogP contribution >= 0.6 is 0 Å². The van der Waals surface area contributed by atoms with Crippen LogP contribution < -0.4 is 0 Å². The van der Waals surface area contributed by atoms with Gasteiger partial charge >= 0.3 is 0 Å². The van der Waals surface area contributed by atoms with Crippen molar-refractivity contribution in [1.29, 1.82) is 0 Å². The number of benzene rings is 1. The molecular formula is C13H18N2O. The zero-order valence-corrected chi connectivity index (χ0v) is 9.83. The average Bonchev–Trinajstić information content (AvgIpc) is 2.70. The number of phenolic OH excluding ortho intramolecular Hbond substituents is 1. The van der Waals surface area contributed by atoms with Crippen molar-refractivity contribution in [3.05, 3.63) is 30.0 Å². The molecule has 0 spiro atoms. The minimum atomic E-state index is 0.368. The van der Waals surface area contributed by atoms with E-state index in [2.05, 4.69) is 23.9 Å². The Morgan fingerprint density at radius 1 is 1.38 bits per heavy atom. The van der Waals surface area contributed by atoms with Crippen LogP contribution in [0.1, 0.15) is 12.5 Å². The molecule has 0 bridgehead atoms. The van der Waals surface area contributed by atoms with Crippen LogP contribution in [-0.4, -0.2) is 35.1 Å². The van der Waals surface area contributed by atoms with Gasteiger partial charge in [-0.25, -0.2) is 0 Å². The Labute approximate surface area is 95.7 Å². The molecule has 1 aromatic carbocycles. The monoisotopic (exact) mass is 218 g/mol. The van der Waals surface area contributed by atoms with Crippen molar-refractivity contribution < 1.29 is 5.11 Å². The number of rotatable bonds is 4. The lowest BCUT2D eigenvalue weighted by atomic mass is 10.1. The van der Waals surface area contributed by atoms with Gasteiger partial charge in [0.05, 0.1) is 0 Å². The van der Waals surface area contributed by atoms with Gasteiger partial charge in [0.1, 0.15) is 5.75 Å². The van der Waals surface area contributed by atoms with Crippen LogP contribution in [0.5, 0.6) is 5.75 Å². The van der Waals surface area contributed by atoms with Gasteiger partial charge in [-0.1, -0.05) is 13.0 Å². The molecule has 2 aromatic rings. The quantitative estimate of drug-likeness (QED) is 0.827. The first-order valence-corrected chi connectivity index (χ1v) is 5.69. The maximum atomic E-state index is 9.83. The highest BCUT2D eigenvalue weighted by Gasteiger charge is 2.07. The van der Waals surface area contributed by atoms with Gasteiger partial charge < -0.3 is 15.0 Å². The predicted molar refractivity (Wildman–Crippen MR) is 66.8 cm³/mol. The molecule has 3 nitrogen and oxygen atoms in total. The second-order valence-corrected chi connectivity index (χ2v) is 4.16. The molecule has 0 fully saturated rings. The Bertz CT molecular complexity index is 476. The summed E-state index contributed by atoms with van der Waals surface area (Å²) in [5.74, 6) is 0.368. The molecular weight excluding hydrogens is 200 g/mol. The fraction of sp³-hybridized carbons (Fsp3) is 0.385.